The van der Waals surface area contributed by atoms with Crippen molar-refractivity contribution in [2.24, 2.45) is 0 Å². The van der Waals surface area contributed by atoms with Gasteiger partial charge in [0.05, 0.1) is 6.04 Å². The molecule has 0 bridgehead atoms. The third-order valence-electron chi connectivity index (χ3n) is 2.76. The number of nitrogens with one attached hydrogen (secondary N) is 1. The van der Waals surface area contributed by atoms with Gasteiger partial charge in [-0.1, -0.05) is 31.9 Å². The van der Waals surface area contributed by atoms with Gasteiger partial charge in [0.25, 0.3) is 5.91 Å². The van der Waals surface area contributed by atoms with Crippen LogP contribution < -0.4 is 11.1 Å². The van der Waals surface area contributed by atoms with Crippen LogP contribution in [0.5, 0.6) is 0 Å². The molecule has 0 aliphatic carbocycles. The summed E-state index contributed by atoms with van der Waals surface area (Å²) in [6, 6.07) is 0.232. The summed E-state index contributed by atoms with van der Waals surface area (Å²) in [4.78, 5) is 11.5. The number of hydrogen-bond acceptors (Lipinski definition) is 4. The summed E-state index contributed by atoms with van der Waals surface area (Å²) < 4.78 is 1.68. The Kier molecular flexibility index (Phi) is 4.93. The Hall–Kier alpha value is -1.59. The van der Waals surface area contributed by atoms with Crippen molar-refractivity contribution in [3.8, 4) is 0 Å². The Bertz CT molecular complexity index is 368. The zero-order valence-corrected chi connectivity index (χ0v) is 10.7. The quantitative estimate of drug-likeness (QED) is 0.784. The number of hydrogen-bond donors (Lipinski definition) is 2. The lowest BCUT2D eigenvalue weighted by Crippen LogP contribution is -2.20. The van der Waals surface area contributed by atoms with Crippen LogP contribution >= 0.6 is 0 Å². The van der Waals surface area contributed by atoms with E-state index in [1.54, 1.807) is 11.7 Å². The average molecular weight is 239 g/mol. The molecule has 0 saturated heterocycles. The number of aromatic nitrogens is 3. The highest BCUT2D eigenvalue weighted by molar-refractivity contribution is 5.96. The van der Waals surface area contributed by atoms with Crippen LogP contribution in [0.4, 0.5) is 5.82 Å². The van der Waals surface area contributed by atoms with Gasteiger partial charge in [-0.3, -0.25) is 4.79 Å². The number of nitrogens with zero attached hydrogens (tertiary/aromatic N) is 3. The standard InChI is InChI=1S/C11H21N5O/c1-4-6-8(7-5-2)16-10(12)9(14-15-16)11(17)13-3/h8H,4-7,12H2,1-3H3,(H,13,17). The molecule has 96 valence electrons. The first-order valence-electron chi connectivity index (χ1n) is 6.08. The van der Waals surface area contributed by atoms with Gasteiger partial charge in [-0.05, 0) is 12.8 Å². The first-order chi connectivity index (χ1) is 8.15. The summed E-state index contributed by atoms with van der Waals surface area (Å²) in [6.45, 7) is 4.24. The molecule has 0 radical (unpaired) electrons. The molecule has 1 aromatic rings. The summed E-state index contributed by atoms with van der Waals surface area (Å²) in [7, 11) is 1.55. The molecule has 6 heteroatoms. The van der Waals surface area contributed by atoms with Crippen LogP contribution in [0, 0.1) is 0 Å². The van der Waals surface area contributed by atoms with Crippen LogP contribution in [-0.2, 0) is 0 Å². The second-order valence-corrected chi connectivity index (χ2v) is 4.08. The minimum absolute atomic E-state index is 0.213. The fourth-order valence-electron chi connectivity index (χ4n) is 1.91. The minimum atomic E-state index is -0.291. The number of carbonyl (C=O) groups is 1. The molecule has 1 aromatic heterocycles. The SMILES string of the molecule is CCCC(CCC)n1nnc(C(=O)NC)c1N. The molecule has 1 rings (SSSR count). The number of amides is 1. The monoisotopic (exact) mass is 239 g/mol. The molecule has 0 spiro atoms. The Morgan fingerprint density at radius 2 is 2.00 bits per heavy atom. The van der Waals surface area contributed by atoms with Crippen molar-refractivity contribution in [2.45, 2.75) is 45.6 Å². The van der Waals surface area contributed by atoms with Gasteiger partial charge in [0.15, 0.2) is 11.5 Å². The maximum atomic E-state index is 11.5. The summed E-state index contributed by atoms with van der Waals surface area (Å²) in [5, 5.41) is 10.4. The zero-order chi connectivity index (χ0) is 12.8. The van der Waals surface area contributed by atoms with Crippen LogP contribution in [-0.4, -0.2) is 27.9 Å². The van der Waals surface area contributed by atoms with Gasteiger partial charge in [0, 0.05) is 7.05 Å². The van der Waals surface area contributed by atoms with E-state index in [1.807, 2.05) is 0 Å². The molecule has 0 atom stereocenters. The molecule has 0 saturated carbocycles. The summed E-state index contributed by atoms with van der Waals surface area (Å²) in [6.07, 6.45) is 4.10. The first kappa shape index (κ1) is 13.5. The van der Waals surface area contributed by atoms with Crippen molar-refractivity contribution in [1.29, 1.82) is 0 Å². The molecule has 1 heterocycles. The average Bonchev–Trinajstić information content (AvgIpc) is 2.70. The van der Waals surface area contributed by atoms with Gasteiger partial charge >= 0.3 is 0 Å². The lowest BCUT2D eigenvalue weighted by Gasteiger charge is -2.16. The molecular weight excluding hydrogens is 218 g/mol. The first-order valence-corrected chi connectivity index (χ1v) is 6.08. The van der Waals surface area contributed by atoms with Crippen LogP contribution in [0.3, 0.4) is 0 Å². The van der Waals surface area contributed by atoms with E-state index in [0.29, 0.717) is 5.82 Å². The Morgan fingerprint density at radius 1 is 1.41 bits per heavy atom. The number of carbonyl (C=O) groups excluding carboxylic acids is 1. The highest BCUT2D eigenvalue weighted by atomic mass is 16.1. The van der Waals surface area contributed by atoms with Crippen molar-refractivity contribution in [3.05, 3.63) is 5.69 Å². The minimum Gasteiger partial charge on any atom is -0.382 e. The summed E-state index contributed by atoms with van der Waals surface area (Å²) >= 11 is 0. The molecule has 0 aliphatic rings. The van der Waals surface area contributed by atoms with Crippen molar-refractivity contribution in [2.75, 3.05) is 12.8 Å². The summed E-state index contributed by atoms with van der Waals surface area (Å²) in [5.74, 6) is 0.0664. The molecular formula is C11H21N5O. The van der Waals surface area contributed by atoms with Gasteiger partial charge in [-0.25, -0.2) is 4.68 Å². The van der Waals surface area contributed by atoms with E-state index in [2.05, 4.69) is 29.5 Å². The molecule has 0 aromatic carbocycles. The lowest BCUT2D eigenvalue weighted by molar-refractivity contribution is 0.0959. The Morgan fingerprint density at radius 3 is 2.47 bits per heavy atom. The third-order valence-corrected chi connectivity index (χ3v) is 2.76. The van der Waals surface area contributed by atoms with Gasteiger partial charge < -0.3 is 11.1 Å². The number of rotatable bonds is 6. The van der Waals surface area contributed by atoms with Crippen LogP contribution in [0.15, 0.2) is 0 Å². The Balaban J connectivity index is 2.96. The van der Waals surface area contributed by atoms with Gasteiger partial charge in [0.1, 0.15) is 0 Å². The van der Waals surface area contributed by atoms with E-state index < -0.39 is 0 Å². The largest absolute Gasteiger partial charge is 0.382 e. The smallest absolute Gasteiger partial charge is 0.275 e. The molecule has 6 nitrogen and oxygen atoms in total. The van der Waals surface area contributed by atoms with E-state index in [-0.39, 0.29) is 17.6 Å². The van der Waals surface area contributed by atoms with Crippen LogP contribution in [0.1, 0.15) is 56.1 Å². The third kappa shape index (κ3) is 2.95. The van der Waals surface area contributed by atoms with Crippen molar-refractivity contribution >= 4 is 11.7 Å². The number of nitrogen functional groups attached to an aromatic ring is 1. The highest BCUT2D eigenvalue weighted by Gasteiger charge is 2.20. The van der Waals surface area contributed by atoms with Crippen LogP contribution in [0.25, 0.3) is 0 Å². The zero-order valence-electron chi connectivity index (χ0n) is 10.7. The molecule has 1 amide bonds. The molecule has 0 fully saturated rings. The fraction of sp³-hybridized carbons (Fsp3) is 0.727. The molecule has 0 unspecified atom stereocenters. The topological polar surface area (TPSA) is 85.8 Å². The van der Waals surface area contributed by atoms with Gasteiger partial charge in [-0.2, -0.15) is 0 Å². The van der Waals surface area contributed by atoms with Gasteiger partial charge in [0.2, 0.25) is 0 Å². The predicted octanol–water partition coefficient (Wildman–Crippen LogP) is 1.36. The van der Waals surface area contributed by atoms with Crippen LogP contribution in [0.2, 0.25) is 0 Å². The molecule has 3 N–H and O–H groups in total. The Labute approximate surface area is 102 Å². The predicted molar refractivity (Wildman–Crippen MR) is 66.7 cm³/mol. The second-order valence-electron chi connectivity index (χ2n) is 4.08. The molecule has 0 aliphatic heterocycles. The van der Waals surface area contributed by atoms with Crippen molar-refractivity contribution in [1.82, 2.24) is 20.3 Å². The second kappa shape index (κ2) is 6.22. The number of nitrogens with two attached hydrogens (primary N) is 1. The number of anilines is 1. The van der Waals surface area contributed by atoms with E-state index in [9.17, 15) is 4.79 Å². The van der Waals surface area contributed by atoms with E-state index in [1.165, 1.54) is 0 Å². The normalized spacial score (nSPS) is 10.8. The van der Waals surface area contributed by atoms with Crippen molar-refractivity contribution < 1.29 is 4.79 Å². The van der Waals surface area contributed by atoms with Crippen molar-refractivity contribution in [3.63, 3.8) is 0 Å². The summed E-state index contributed by atoms with van der Waals surface area (Å²) in [5.41, 5.74) is 6.13. The van der Waals surface area contributed by atoms with Gasteiger partial charge in [-0.15, -0.1) is 5.10 Å². The fourth-order valence-corrected chi connectivity index (χ4v) is 1.91. The maximum absolute atomic E-state index is 11.5. The van der Waals surface area contributed by atoms with E-state index >= 15 is 0 Å². The van der Waals surface area contributed by atoms with E-state index in [0.717, 1.165) is 25.7 Å². The maximum Gasteiger partial charge on any atom is 0.275 e. The highest BCUT2D eigenvalue weighted by Crippen LogP contribution is 2.23. The van der Waals surface area contributed by atoms with E-state index in [4.69, 9.17) is 5.73 Å². The molecule has 17 heavy (non-hydrogen) atoms. The lowest BCUT2D eigenvalue weighted by atomic mass is 10.1.